The molecule has 1 fully saturated rings. The van der Waals surface area contributed by atoms with Gasteiger partial charge in [-0.25, -0.2) is 0 Å². The number of benzene rings is 6. The fourth-order valence-electron chi connectivity index (χ4n) is 10.1. The molecule has 0 amide bonds. The molecule has 39 heavy (non-hydrogen) atoms. The van der Waals surface area contributed by atoms with Gasteiger partial charge in [-0.3, -0.25) is 0 Å². The van der Waals surface area contributed by atoms with Gasteiger partial charge < -0.3 is 0 Å². The van der Waals surface area contributed by atoms with Crippen LogP contribution in [-0.2, 0) is 10.8 Å². The summed E-state index contributed by atoms with van der Waals surface area (Å²) in [5.41, 5.74) is 8.41. The first-order valence-electron chi connectivity index (χ1n) is 15.0. The van der Waals surface area contributed by atoms with Gasteiger partial charge in [-0.05, 0) is 125 Å². The van der Waals surface area contributed by atoms with Gasteiger partial charge in [-0.2, -0.15) is 0 Å². The molecule has 0 saturated heterocycles. The molecule has 3 aliphatic rings. The normalized spacial score (nSPS) is 26.3. The second-order valence-electron chi connectivity index (χ2n) is 14.2. The van der Waals surface area contributed by atoms with Crippen LogP contribution in [0.3, 0.4) is 0 Å². The van der Waals surface area contributed by atoms with Crippen molar-refractivity contribution >= 4 is 43.1 Å². The number of fused-ring (bicyclic) bond motifs is 9. The Bertz CT molecular complexity index is 1990. The lowest BCUT2D eigenvalue weighted by Crippen LogP contribution is -2.37. The number of aryl methyl sites for hydroxylation is 1. The summed E-state index contributed by atoms with van der Waals surface area (Å²) in [6, 6.07) is 30.7. The van der Waals surface area contributed by atoms with Crippen molar-refractivity contribution < 1.29 is 0 Å². The van der Waals surface area contributed by atoms with E-state index in [1.807, 2.05) is 0 Å². The minimum absolute atomic E-state index is 0.169. The molecule has 0 radical (unpaired) electrons. The third kappa shape index (κ3) is 2.57. The molecule has 0 N–H and O–H groups in total. The van der Waals surface area contributed by atoms with E-state index >= 15 is 0 Å². The van der Waals surface area contributed by atoms with Crippen LogP contribution in [-0.4, -0.2) is 0 Å². The molecule has 4 unspecified atom stereocenters. The van der Waals surface area contributed by atoms with Gasteiger partial charge in [0.15, 0.2) is 0 Å². The van der Waals surface area contributed by atoms with Crippen molar-refractivity contribution in [3.8, 4) is 0 Å². The summed E-state index contributed by atoms with van der Waals surface area (Å²) in [7, 11) is 0. The van der Waals surface area contributed by atoms with Crippen LogP contribution in [0.5, 0.6) is 0 Å². The average molecular weight is 505 g/mol. The Kier molecular flexibility index (Phi) is 4.04. The molecular formula is C39H36. The van der Waals surface area contributed by atoms with E-state index in [9.17, 15) is 0 Å². The fourth-order valence-corrected chi connectivity index (χ4v) is 10.1. The molecule has 192 valence electrons. The highest BCUT2D eigenvalue weighted by Crippen LogP contribution is 2.68. The highest BCUT2D eigenvalue weighted by atomic mass is 14.6. The van der Waals surface area contributed by atoms with Crippen LogP contribution in [0.1, 0.15) is 80.2 Å². The number of hydrogen-bond acceptors (Lipinski definition) is 0. The van der Waals surface area contributed by atoms with Crippen molar-refractivity contribution in [2.45, 2.75) is 70.1 Å². The molecule has 9 rings (SSSR count). The molecule has 3 aliphatic carbocycles. The minimum Gasteiger partial charge on any atom is -0.0616 e. The van der Waals surface area contributed by atoms with E-state index < -0.39 is 0 Å². The highest BCUT2D eigenvalue weighted by molar-refractivity contribution is 6.24. The Balaban J connectivity index is 1.29. The second kappa shape index (κ2) is 7.03. The van der Waals surface area contributed by atoms with Crippen LogP contribution in [0.4, 0.5) is 0 Å². The Hall–Kier alpha value is -3.38. The molecule has 6 aromatic carbocycles. The molecule has 0 aromatic heterocycles. The summed E-state index contributed by atoms with van der Waals surface area (Å²) in [6.07, 6.45) is 2.59. The predicted molar refractivity (Wildman–Crippen MR) is 167 cm³/mol. The third-order valence-corrected chi connectivity index (χ3v) is 12.0. The van der Waals surface area contributed by atoms with E-state index in [4.69, 9.17) is 0 Å². The van der Waals surface area contributed by atoms with Crippen molar-refractivity contribution in [1.82, 2.24) is 0 Å². The first-order valence-corrected chi connectivity index (χ1v) is 15.0. The lowest BCUT2D eigenvalue weighted by atomic mass is 9.59. The molecule has 0 nitrogen and oxygen atoms in total. The second-order valence-corrected chi connectivity index (χ2v) is 14.2. The van der Waals surface area contributed by atoms with E-state index in [0.29, 0.717) is 23.7 Å². The van der Waals surface area contributed by atoms with E-state index in [-0.39, 0.29) is 10.8 Å². The maximum atomic E-state index is 2.59. The van der Waals surface area contributed by atoms with Crippen LogP contribution in [0.25, 0.3) is 43.1 Å². The number of rotatable bonds is 0. The van der Waals surface area contributed by atoms with E-state index in [1.165, 1.54) is 61.5 Å². The highest BCUT2D eigenvalue weighted by Gasteiger charge is 2.57. The topological polar surface area (TPSA) is 0 Å². The van der Waals surface area contributed by atoms with Crippen molar-refractivity contribution in [1.29, 1.82) is 0 Å². The smallest absolute Gasteiger partial charge is 0.00237 e. The third-order valence-electron chi connectivity index (χ3n) is 12.0. The largest absolute Gasteiger partial charge is 0.0616 e. The first-order chi connectivity index (χ1) is 18.8. The van der Waals surface area contributed by atoms with E-state index in [1.54, 1.807) is 22.3 Å². The summed E-state index contributed by atoms with van der Waals surface area (Å²) in [5, 5.41) is 11.6. The first kappa shape index (κ1) is 22.4. The van der Waals surface area contributed by atoms with Gasteiger partial charge in [0.2, 0.25) is 0 Å². The molecular weight excluding hydrogens is 468 g/mol. The van der Waals surface area contributed by atoms with Crippen LogP contribution in [0.15, 0.2) is 78.9 Å². The molecule has 6 aromatic rings. The predicted octanol–water partition coefficient (Wildman–Crippen LogP) is 10.5. The summed E-state index contributed by atoms with van der Waals surface area (Å²) < 4.78 is 0. The lowest BCUT2D eigenvalue weighted by Gasteiger charge is -2.44. The average Bonchev–Trinajstić information content (AvgIpc) is 3.30. The molecule has 0 spiro atoms. The molecule has 0 bridgehead atoms. The van der Waals surface area contributed by atoms with Crippen LogP contribution < -0.4 is 0 Å². The van der Waals surface area contributed by atoms with Gasteiger partial charge >= 0.3 is 0 Å². The van der Waals surface area contributed by atoms with Gasteiger partial charge in [0.05, 0.1) is 0 Å². The monoisotopic (exact) mass is 504 g/mol. The van der Waals surface area contributed by atoms with E-state index in [0.717, 1.165) is 0 Å². The zero-order valence-electron chi connectivity index (χ0n) is 23.7. The van der Waals surface area contributed by atoms with Gasteiger partial charge in [0.1, 0.15) is 0 Å². The Morgan fingerprint density at radius 3 is 1.79 bits per heavy atom. The quantitative estimate of drug-likeness (QED) is 0.180. The van der Waals surface area contributed by atoms with Crippen molar-refractivity contribution in [2.24, 2.45) is 11.8 Å². The van der Waals surface area contributed by atoms with Crippen molar-refractivity contribution in [3.05, 3.63) is 107 Å². The van der Waals surface area contributed by atoms with Crippen molar-refractivity contribution in [2.75, 3.05) is 0 Å². The zero-order chi connectivity index (χ0) is 26.4. The molecule has 0 heteroatoms. The molecule has 0 aliphatic heterocycles. The zero-order valence-corrected chi connectivity index (χ0v) is 23.7. The maximum Gasteiger partial charge on any atom is -0.00237 e. The molecule has 4 atom stereocenters. The van der Waals surface area contributed by atoms with Crippen molar-refractivity contribution in [3.63, 3.8) is 0 Å². The molecule has 0 heterocycles. The Labute approximate surface area is 231 Å². The lowest BCUT2D eigenvalue weighted by molar-refractivity contribution is 0.134. The van der Waals surface area contributed by atoms with Gasteiger partial charge in [-0.1, -0.05) is 107 Å². The number of hydrogen-bond donors (Lipinski definition) is 0. The van der Waals surface area contributed by atoms with Crippen LogP contribution in [0, 0.1) is 18.8 Å². The van der Waals surface area contributed by atoms with Gasteiger partial charge in [0, 0.05) is 0 Å². The summed E-state index contributed by atoms with van der Waals surface area (Å²) in [5.74, 6) is 2.62. The fraction of sp³-hybridized carbons (Fsp3) is 0.333. The van der Waals surface area contributed by atoms with E-state index in [2.05, 4.69) is 113 Å². The molecule has 1 saturated carbocycles. The van der Waals surface area contributed by atoms with Crippen LogP contribution in [0.2, 0.25) is 0 Å². The van der Waals surface area contributed by atoms with Gasteiger partial charge in [0.25, 0.3) is 0 Å². The summed E-state index contributed by atoms with van der Waals surface area (Å²) >= 11 is 0. The standard InChI is InChI=1S/C39H36/c1-21-17-32-36(26-12-7-6-11-25(21)26)28-19-31-29(20-30(28)38(32,2)3)37-27-16-15-23-10-8-9-22-13-14-24(35(27)34(22)23)18-33(37)39(31,4)5/h6-18,28-31H,19-20H2,1-5H3. The Morgan fingerprint density at radius 2 is 1.10 bits per heavy atom. The Morgan fingerprint density at radius 1 is 0.538 bits per heavy atom. The van der Waals surface area contributed by atoms with Gasteiger partial charge in [-0.15, -0.1) is 0 Å². The minimum atomic E-state index is 0.169. The maximum absolute atomic E-state index is 2.59. The van der Waals surface area contributed by atoms with Crippen LogP contribution >= 0.6 is 0 Å². The SMILES string of the molecule is Cc1cc2c(c3ccccc13)C1CC3C(CC1C2(C)C)c1c(cc2ccc4cccc5ccc1c2c45)C3(C)C. The summed E-state index contributed by atoms with van der Waals surface area (Å²) in [4.78, 5) is 0. The summed E-state index contributed by atoms with van der Waals surface area (Å²) in [6.45, 7) is 12.5.